The largest absolute Gasteiger partial charge is 0.455 e. The van der Waals surface area contributed by atoms with Crippen LogP contribution in [0.4, 0.5) is 0 Å². The van der Waals surface area contributed by atoms with Crippen molar-refractivity contribution in [2.45, 2.75) is 6.92 Å². The number of aryl methyl sites for hydroxylation is 1. The van der Waals surface area contributed by atoms with E-state index in [1.807, 2.05) is 66.7 Å². The Labute approximate surface area is 332 Å². The van der Waals surface area contributed by atoms with E-state index < -0.39 is 0 Å². The summed E-state index contributed by atoms with van der Waals surface area (Å²) in [5.41, 5.74) is 12.3. The van der Waals surface area contributed by atoms with E-state index in [9.17, 15) is 0 Å². The van der Waals surface area contributed by atoms with E-state index in [0.717, 1.165) is 82.7 Å². The summed E-state index contributed by atoms with van der Waals surface area (Å²) in [5.74, 6) is 1.80. The molecule has 0 spiro atoms. The predicted molar refractivity (Wildman–Crippen MR) is 237 cm³/mol. The first-order chi connectivity index (χ1) is 28.7. The molecule has 0 bridgehead atoms. The maximum Gasteiger partial charge on any atom is 0.238 e. The minimum atomic E-state index is 0.564. The highest BCUT2D eigenvalue weighted by Gasteiger charge is 2.23. The first kappa shape index (κ1) is 32.4. The zero-order valence-electron chi connectivity index (χ0n) is 31.5. The second-order valence-corrected chi connectivity index (χ2v) is 14.9. The lowest BCUT2D eigenvalue weighted by Crippen LogP contribution is -2.06. The Hall–Kier alpha value is -7.83. The van der Waals surface area contributed by atoms with Gasteiger partial charge in [0.2, 0.25) is 5.95 Å². The maximum atomic E-state index is 6.65. The summed E-state index contributed by atoms with van der Waals surface area (Å²) in [6.45, 7) is 2.17. The van der Waals surface area contributed by atoms with Crippen LogP contribution in [0.2, 0.25) is 0 Å². The highest BCUT2D eigenvalue weighted by atomic mass is 16.3. The van der Waals surface area contributed by atoms with E-state index in [2.05, 4.69) is 131 Å². The van der Waals surface area contributed by atoms with E-state index in [0.29, 0.717) is 17.6 Å². The molecule has 6 nitrogen and oxygen atoms in total. The lowest BCUT2D eigenvalue weighted by Gasteiger charge is -2.13. The van der Waals surface area contributed by atoms with Gasteiger partial charge in [-0.05, 0) is 60.5 Å². The van der Waals surface area contributed by atoms with Crippen LogP contribution in [0.5, 0.6) is 0 Å². The number of para-hydroxylation sites is 3. The molecular formula is C52H33N5O. The molecule has 0 atom stereocenters. The average molecular weight is 744 g/mol. The first-order valence-corrected chi connectivity index (χ1v) is 19.5. The van der Waals surface area contributed by atoms with Crippen LogP contribution in [0.1, 0.15) is 5.56 Å². The first-order valence-electron chi connectivity index (χ1n) is 19.5. The number of furan rings is 1. The van der Waals surface area contributed by atoms with Crippen LogP contribution >= 0.6 is 0 Å². The molecule has 6 heteroatoms. The topological polar surface area (TPSA) is 61.7 Å². The zero-order chi connectivity index (χ0) is 38.3. The summed E-state index contributed by atoms with van der Waals surface area (Å²) >= 11 is 0. The summed E-state index contributed by atoms with van der Waals surface area (Å²) < 4.78 is 11.3. The molecule has 0 aliphatic carbocycles. The molecule has 0 saturated heterocycles. The highest BCUT2D eigenvalue weighted by Crippen LogP contribution is 2.43. The van der Waals surface area contributed by atoms with E-state index in [4.69, 9.17) is 19.4 Å². The molecule has 0 amide bonds. The smallest absolute Gasteiger partial charge is 0.238 e. The van der Waals surface area contributed by atoms with Gasteiger partial charge in [0.05, 0.1) is 22.1 Å². The Kier molecular flexibility index (Phi) is 7.04. The molecule has 0 aliphatic rings. The third-order valence-corrected chi connectivity index (χ3v) is 11.5. The lowest BCUT2D eigenvalue weighted by molar-refractivity contribution is 0.670. The van der Waals surface area contributed by atoms with E-state index in [1.165, 1.54) is 16.3 Å². The Morgan fingerprint density at radius 2 is 0.948 bits per heavy atom. The fraction of sp³-hybridized carbons (Fsp3) is 0.0192. The van der Waals surface area contributed by atoms with Gasteiger partial charge in [-0.2, -0.15) is 9.97 Å². The number of rotatable bonds is 5. The number of nitrogens with zero attached hydrogens (tertiary/aromatic N) is 5. The Morgan fingerprint density at radius 1 is 0.397 bits per heavy atom. The van der Waals surface area contributed by atoms with Gasteiger partial charge in [-0.25, -0.2) is 4.98 Å². The Bertz CT molecular complexity index is 3520. The van der Waals surface area contributed by atoms with Crippen LogP contribution in [0.25, 0.3) is 111 Å². The molecule has 0 radical (unpaired) electrons. The minimum absolute atomic E-state index is 0.564. The third-order valence-electron chi connectivity index (χ3n) is 11.5. The van der Waals surface area contributed by atoms with Gasteiger partial charge in [-0.1, -0.05) is 140 Å². The molecule has 4 heterocycles. The molecule has 0 N–H and O–H groups in total. The number of fused-ring (bicyclic) bond motifs is 9. The van der Waals surface area contributed by atoms with Gasteiger partial charge in [0.25, 0.3) is 0 Å². The van der Waals surface area contributed by atoms with Crippen LogP contribution < -0.4 is 0 Å². The SMILES string of the molecule is Cc1ccccc1-c1cc(-n2c3ccccc3c3cc4c5ccccc5n(-c5nc(-c6ccccc6)nc(-c6ccccc6)n5)c4cc32)cc2c1oc1ccccc12. The van der Waals surface area contributed by atoms with Gasteiger partial charge < -0.3 is 8.98 Å². The molecule has 0 unspecified atom stereocenters. The van der Waals surface area contributed by atoms with Gasteiger partial charge in [-0.3, -0.25) is 4.57 Å². The second-order valence-electron chi connectivity index (χ2n) is 14.9. The summed E-state index contributed by atoms with van der Waals surface area (Å²) in [7, 11) is 0. The van der Waals surface area contributed by atoms with Gasteiger partial charge in [0, 0.05) is 54.7 Å². The molecule has 0 aliphatic heterocycles. The minimum Gasteiger partial charge on any atom is -0.455 e. The predicted octanol–water partition coefficient (Wildman–Crippen LogP) is 13.3. The van der Waals surface area contributed by atoms with E-state index >= 15 is 0 Å². The fourth-order valence-electron chi connectivity index (χ4n) is 8.84. The number of hydrogen-bond acceptors (Lipinski definition) is 4. The van der Waals surface area contributed by atoms with Gasteiger partial charge in [0.1, 0.15) is 11.2 Å². The number of benzene rings is 8. The quantitative estimate of drug-likeness (QED) is 0.176. The van der Waals surface area contributed by atoms with Crippen LogP contribution in [0.15, 0.2) is 186 Å². The molecule has 272 valence electrons. The van der Waals surface area contributed by atoms with Crippen molar-refractivity contribution in [3.05, 3.63) is 188 Å². The molecule has 0 fully saturated rings. The summed E-state index contributed by atoms with van der Waals surface area (Å²) in [6.07, 6.45) is 0. The fourth-order valence-corrected chi connectivity index (χ4v) is 8.84. The second kappa shape index (κ2) is 12.6. The monoisotopic (exact) mass is 743 g/mol. The molecule has 4 aromatic heterocycles. The molecule has 58 heavy (non-hydrogen) atoms. The normalized spacial score (nSPS) is 11.9. The van der Waals surface area contributed by atoms with Crippen molar-refractivity contribution in [1.29, 1.82) is 0 Å². The Balaban J connectivity index is 1.19. The van der Waals surface area contributed by atoms with Crippen molar-refractivity contribution in [1.82, 2.24) is 24.1 Å². The summed E-state index contributed by atoms with van der Waals surface area (Å²) in [6, 6.07) is 63.7. The van der Waals surface area contributed by atoms with Crippen molar-refractivity contribution in [3.63, 3.8) is 0 Å². The van der Waals surface area contributed by atoms with Crippen molar-refractivity contribution >= 4 is 65.6 Å². The summed E-state index contributed by atoms with van der Waals surface area (Å²) in [4.78, 5) is 15.4. The average Bonchev–Trinajstić information content (AvgIpc) is 3.93. The molecule has 8 aromatic carbocycles. The molecular weight excluding hydrogens is 711 g/mol. The molecule has 12 rings (SSSR count). The lowest BCUT2D eigenvalue weighted by atomic mass is 9.97. The number of hydrogen-bond donors (Lipinski definition) is 0. The maximum absolute atomic E-state index is 6.65. The van der Waals surface area contributed by atoms with Crippen LogP contribution in [0.3, 0.4) is 0 Å². The van der Waals surface area contributed by atoms with Crippen molar-refractivity contribution in [3.8, 4) is 45.5 Å². The van der Waals surface area contributed by atoms with Crippen LogP contribution in [0, 0.1) is 6.92 Å². The van der Waals surface area contributed by atoms with Crippen LogP contribution in [-0.2, 0) is 0 Å². The highest BCUT2D eigenvalue weighted by molar-refractivity contribution is 6.19. The third kappa shape index (κ3) is 4.88. The van der Waals surface area contributed by atoms with Crippen LogP contribution in [-0.4, -0.2) is 24.1 Å². The molecule has 12 aromatic rings. The van der Waals surface area contributed by atoms with Gasteiger partial charge in [-0.15, -0.1) is 0 Å². The summed E-state index contributed by atoms with van der Waals surface area (Å²) in [5, 5.41) is 6.79. The van der Waals surface area contributed by atoms with Gasteiger partial charge >= 0.3 is 0 Å². The van der Waals surface area contributed by atoms with E-state index in [1.54, 1.807) is 0 Å². The standard InChI is InChI=1S/C52H33N5O/c1-32-16-8-9-21-36(32)42-28-35(29-43-39-24-12-15-27-48(39)58-49(42)43)56-44-25-13-10-22-37(44)40-30-41-38-23-11-14-26-45(38)57(47(41)31-46(40)56)52-54-50(33-17-4-2-5-18-33)53-51(55-52)34-19-6-3-7-20-34/h2-31H,1H3. The Morgan fingerprint density at radius 3 is 1.62 bits per heavy atom. The van der Waals surface area contributed by atoms with Crippen molar-refractivity contribution in [2.24, 2.45) is 0 Å². The van der Waals surface area contributed by atoms with Crippen molar-refractivity contribution in [2.75, 3.05) is 0 Å². The number of aromatic nitrogens is 5. The van der Waals surface area contributed by atoms with E-state index in [-0.39, 0.29) is 0 Å². The van der Waals surface area contributed by atoms with Crippen molar-refractivity contribution < 1.29 is 4.42 Å². The van der Waals surface area contributed by atoms with Gasteiger partial charge in [0.15, 0.2) is 11.6 Å². The molecule has 0 saturated carbocycles. The zero-order valence-corrected chi connectivity index (χ0v) is 31.5.